The maximum absolute atomic E-state index is 12.5. The molecule has 25 heavy (non-hydrogen) atoms. The lowest BCUT2D eigenvalue weighted by molar-refractivity contribution is -0.246. The molecule has 0 aromatic heterocycles. The Balaban J connectivity index is 3.12. The lowest BCUT2D eigenvalue weighted by atomic mass is 10.0. The molecule has 0 heterocycles. The minimum Gasteiger partial charge on any atom is -0.318 e. The minimum atomic E-state index is -3.61. The highest BCUT2D eigenvalue weighted by molar-refractivity contribution is 7.64. The molecule has 0 spiro atoms. The van der Waals surface area contributed by atoms with Crippen LogP contribution in [0.5, 0.6) is 0 Å². The number of hydrogen-bond acceptors (Lipinski definition) is 1. The van der Waals surface area contributed by atoms with Gasteiger partial charge in [-0.25, -0.2) is 4.39 Å². The first-order valence-corrected chi connectivity index (χ1v) is 14.7. The summed E-state index contributed by atoms with van der Waals surface area (Å²) < 4.78 is 40.9. The van der Waals surface area contributed by atoms with Crippen molar-refractivity contribution in [2.45, 2.75) is 95.6 Å². The van der Waals surface area contributed by atoms with Gasteiger partial charge in [-0.05, 0) is 12.5 Å². The standard InChI is InChI=1S/C17H32Cl3F3OSi/c18-25(19,20)15-13-11-9-7-5-3-1-2-4-6-8-10-12-14-24-17(22,23)16-21/h1-16H2. The Labute approximate surface area is 166 Å². The summed E-state index contributed by atoms with van der Waals surface area (Å²) in [4.78, 5) is 0. The van der Waals surface area contributed by atoms with Gasteiger partial charge in [0.25, 0.3) is 0 Å². The van der Waals surface area contributed by atoms with E-state index in [1.165, 1.54) is 44.9 Å². The highest BCUT2D eigenvalue weighted by Gasteiger charge is 2.29. The van der Waals surface area contributed by atoms with Gasteiger partial charge in [0.2, 0.25) is 0 Å². The minimum absolute atomic E-state index is 0.0687. The van der Waals surface area contributed by atoms with E-state index in [1.54, 1.807) is 0 Å². The molecule has 0 saturated carbocycles. The van der Waals surface area contributed by atoms with Crippen molar-refractivity contribution in [3.8, 4) is 0 Å². The van der Waals surface area contributed by atoms with Gasteiger partial charge in [-0.1, -0.05) is 77.0 Å². The molecule has 0 bridgehead atoms. The Morgan fingerprint density at radius 1 is 0.640 bits per heavy atom. The maximum Gasteiger partial charge on any atom is 0.384 e. The number of ether oxygens (including phenoxy) is 1. The third-order valence-electron chi connectivity index (χ3n) is 4.07. The second-order valence-corrected chi connectivity index (χ2v) is 15.9. The largest absolute Gasteiger partial charge is 0.384 e. The fourth-order valence-electron chi connectivity index (χ4n) is 2.63. The monoisotopic (exact) mass is 442 g/mol. The second kappa shape index (κ2) is 15.9. The van der Waals surface area contributed by atoms with Crippen LogP contribution in [-0.2, 0) is 4.74 Å². The lowest BCUT2D eigenvalue weighted by Gasteiger charge is -2.12. The third-order valence-corrected chi connectivity index (χ3v) is 6.69. The zero-order valence-electron chi connectivity index (χ0n) is 15.0. The molecule has 0 aliphatic heterocycles. The molecule has 0 fully saturated rings. The predicted octanol–water partition coefficient (Wildman–Crippen LogP) is 8.29. The molecule has 0 unspecified atom stereocenters. The summed E-state index contributed by atoms with van der Waals surface area (Å²) in [5.41, 5.74) is 0. The molecule has 0 N–H and O–H groups in total. The van der Waals surface area contributed by atoms with Gasteiger partial charge in [0.05, 0.1) is 6.61 Å². The van der Waals surface area contributed by atoms with Crippen LogP contribution in [0.15, 0.2) is 0 Å². The van der Waals surface area contributed by atoms with E-state index in [0.29, 0.717) is 6.42 Å². The van der Waals surface area contributed by atoms with Crippen molar-refractivity contribution in [1.29, 1.82) is 0 Å². The van der Waals surface area contributed by atoms with Gasteiger partial charge in [-0.2, -0.15) is 8.78 Å². The zero-order chi connectivity index (χ0) is 19.0. The van der Waals surface area contributed by atoms with E-state index in [4.69, 9.17) is 33.2 Å². The van der Waals surface area contributed by atoms with Gasteiger partial charge in [-0.15, -0.1) is 33.2 Å². The van der Waals surface area contributed by atoms with E-state index in [2.05, 4.69) is 4.74 Å². The van der Waals surface area contributed by atoms with E-state index in [1.807, 2.05) is 0 Å². The van der Waals surface area contributed by atoms with Crippen molar-refractivity contribution in [1.82, 2.24) is 0 Å². The van der Waals surface area contributed by atoms with Crippen LogP contribution in [0.4, 0.5) is 13.2 Å². The highest BCUT2D eigenvalue weighted by atomic mass is 35.8. The zero-order valence-corrected chi connectivity index (χ0v) is 18.3. The normalized spacial score (nSPS) is 12.7. The molecule has 152 valence electrons. The second-order valence-electron chi connectivity index (χ2n) is 6.58. The molecule has 0 aromatic rings. The Kier molecular flexibility index (Phi) is 16.4. The van der Waals surface area contributed by atoms with Gasteiger partial charge < -0.3 is 4.74 Å². The lowest BCUT2D eigenvalue weighted by Crippen LogP contribution is -2.23. The van der Waals surface area contributed by atoms with E-state index >= 15 is 0 Å². The Morgan fingerprint density at radius 3 is 1.36 bits per heavy atom. The van der Waals surface area contributed by atoms with E-state index < -0.39 is 18.8 Å². The quantitative estimate of drug-likeness (QED) is 0.118. The summed E-state index contributed by atoms with van der Waals surface area (Å²) in [7, 11) is 0. The van der Waals surface area contributed by atoms with Crippen molar-refractivity contribution in [2.75, 3.05) is 13.3 Å². The van der Waals surface area contributed by atoms with Crippen LogP contribution in [0.3, 0.4) is 0 Å². The van der Waals surface area contributed by atoms with Gasteiger partial charge in [-0.3, -0.25) is 0 Å². The van der Waals surface area contributed by atoms with Crippen molar-refractivity contribution >= 4 is 39.2 Å². The van der Waals surface area contributed by atoms with Gasteiger partial charge in [0.15, 0.2) is 6.67 Å². The molecule has 0 aliphatic carbocycles. The number of alkyl halides is 3. The molecule has 0 aromatic carbocycles. The predicted molar refractivity (Wildman–Crippen MR) is 105 cm³/mol. The van der Waals surface area contributed by atoms with Crippen LogP contribution in [0, 0.1) is 0 Å². The van der Waals surface area contributed by atoms with Crippen LogP contribution in [0.1, 0.15) is 83.5 Å². The van der Waals surface area contributed by atoms with E-state index in [-0.39, 0.29) is 6.61 Å². The molecular weight excluding hydrogens is 412 g/mol. The molecule has 0 radical (unpaired) electrons. The van der Waals surface area contributed by atoms with Gasteiger partial charge in [0, 0.05) is 0 Å². The molecule has 0 amide bonds. The van der Waals surface area contributed by atoms with Crippen LogP contribution in [-0.4, -0.2) is 25.4 Å². The van der Waals surface area contributed by atoms with Gasteiger partial charge >= 0.3 is 12.1 Å². The third kappa shape index (κ3) is 21.0. The summed E-state index contributed by atoms with van der Waals surface area (Å²) >= 11 is 17.5. The van der Waals surface area contributed by atoms with Crippen LogP contribution in [0.2, 0.25) is 6.04 Å². The van der Waals surface area contributed by atoms with Crippen molar-refractivity contribution in [2.24, 2.45) is 0 Å². The first kappa shape index (κ1) is 25.8. The van der Waals surface area contributed by atoms with E-state index in [0.717, 1.165) is 38.1 Å². The first-order valence-electron chi connectivity index (χ1n) is 9.41. The van der Waals surface area contributed by atoms with Gasteiger partial charge in [0.1, 0.15) is 0 Å². The SMILES string of the molecule is FCC(F)(F)OCCCCCCCCCCCCCCC[Si](Cl)(Cl)Cl. The summed E-state index contributed by atoms with van der Waals surface area (Å²) in [6, 6.07) is -1.65. The summed E-state index contributed by atoms with van der Waals surface area (Å²) in [5, 5.41) is 0. The number of halogens is 6. The molecule has 1 nitrogen and oxygen atoms in total. The number of rotatable bonds is 18. The summed E-state index contributed by atoms with van der Waals surface area (Å²) in [6.07, 6.45) is 10.8. The number of hydrogen-bond donors (Lipinski definition) is 0. The van der Waals surface area contributed by atoms with Crippen LogP contribution < -0.4 is 0 Å². The smallest absolute Gasteiger partial charge is 0.318 e. The molecule has 8 heteroatoms. The molecule has 0 rings (SSSR count). The topological polar surface area (TPSA) is 9.23 Å². The van der Waals surface area contributed by atoms with Crippen LogP contribution >= 0.6 is 33.2 Å². The number of unbranched alkanes of at least 4 members (excludes halogenated alkanes) is 12. The molecule has 0 saturated heterocycles. The highest BCUT2D eigenvalue weighted by Crippen LogP contribution is 2.27. The van der Waals surface area contributed by atoms with Crippen LogP contribution in [0.25, 0.3) is 0 Å². The van der Waals surface area contributed by atoms with Crippen molar-refractivity contribution < 1.29 is 17.9 Å². The fraction of sp³-hybridized carbons (Fsp3) is 1.00. The molecule has 0 aliphatic rings. The van der Waals surface area contributed by atoms with Crippen molar-refractivity contribution in [3.05, 3.63) is 0 Å². The maximum atomic E-state index is 12.5. The molecule has 0 atom stereocenters. The average Bonchev–Trinajstić information content (AvgIpc) is 2.53. The van der Waals surface area contributed by atoms with E-state index in [9.17, 15) is 13.2 Å². The Hall–Kier alpha value is 0.837. The summed E-state index contributed by atoms with van der Waals surface area (Å²) in [5.74, 6) is 0. The summed E-state index contributed by atoms with van der Waals surface area (Å²) in [6.45, 7) is -1.82. The fourth-order valence-corrected chi connectivity index (χ4v) is 4.49. The first-order chi connectivity index (χ1) is 11.8. The van der Waals surface area contributed by atoms with Crippen molar-refractivity contribution in [3.63, 3.8) is 0 Å². The average molecular weight is 444 g/mol. The Morgan fingerprint density at radius 2 is 1.00 bits per heavy atom. The molecular formula is C17H32Cl3F3OSi. The Bertz CT molecular complexity index is 305.